The van der Waals surface area contributed by atoms with Crippen molar-refractivity contribution >= 4 is 5.91 Å². The molecule has 92 valence electrons. The molecule has 0 bridgehead atoms. The molecular weight excluding hydrogens is 218 g/mol. The number of hydrogen-bond donors (Lipinski definition) is 2. The highest BCUT2D eigenvalue weighted by molar-refractivity contribution is 5.92. The van der Waals surface area contributed by atoms with Crippen LogP contribution in [0.2, 0.25) is 0 Å². The highest BCUT2D eigenvalue weighted by Crippen LogP contribution is 2.37. The van der Waals surface area contributed by atoms with Crippen LogP contribution >= 0.6 is 0 Å². The van der Waals surface area contributed by atoms with Gasteiger partial charge in [0.2, 0.25) is 0 Å². The van der Waals surface area contributed by atoms with Crippen molar-refractivity contribution in [1.29, 1.82) is 0 Å². The maximum absolute atomic E-state index is 11.9. The normalized spacial score (nSPS) is 22.4. The highest BCUT2D eigenvalue weighted by atomic mass is 16.2. The Balaban J connectivity index is 2.07. The minimum atomic E-state index is -0.303. The molecule has 1 fully saturated rings. The number of aromatic nitrogens is 2. The first-order chi connectivity index (χ1) is 7.99. The molecule has 1 saturated carbocycles. The van der Waals surface area contributed by atoms with Crippen LogP contribution in [0.1, 0.15) is 43.6 Å². The summed E-state index contributed by atoms with van der Waals surface area (Å²) in [5, 5.41) is 8.96. The van der Waals surface area contributed by atoms with Crippen molar-refractivity contribution in [3.8, 4) is 0 Å². The number of hydrogen-bond acceptors (Lipinski definition) is 3. The van der Waals surface area contributed by atoms with E-state index >= 15 is 0 Å². The van der Waals surface area contributed by atoms with E-state index in [9.17, 15) is 9.59 Å². The number of carbonyl (C=O) groups is 1. The van der Waals surface area contributed by atoms with Gasteiger partial charge >= 0.3 is 0 Å². The number of rotatable bonds is 2. The van der Waals surface area contributed by atoms with Gasteiger partial charge in [0.05, 0.1) is 0 Å². The monoisotopic (exact) mass is 235 g/mol. The van der Waals surface area contributed by atoms with Gasteiger partial charge in [-0.25, -0.2) is 5.10 Å². The maximum atomic E-state index is 11.9. The Kier molecular flexibility index (Phi) is 3.00. The molecule has 0 spiro atoms. The molecule has 1 amide bonds. The average Bonchev–Trinajstić information content (AvgIpc) is 2.59. The Morgan fingerprint density at radius 1 is 1.53 bits per heavy atom. The van der Waals surface area contributed by atoms with E-state index in [4.69, 9.17) is 0 Å². The van der Waals surface area contributed by atoms with Gasteiger partial charge in [0.1, 0.15) is 5.69 Å². The molecule has 1 atom stereocenters. The van der Waals surface area contributed by atoms with Crippen molar-refractivity contribution in [3.05, 3.63) is 28.2 Å². The van der Waals surface area contributed by atoms with Gasteiger partial charge in [-0.2, -0.15) is 5.10 Å². The molecule has 2 N–H and O–H groups in total. The Hall–Kier alpha value is -1.65. The first-order valence-corrected chi connectivity index (χ1v) is 5.86. The average molecular weight is 235 g/mol. The van der Waals surface area contributed by atoms with E-state index in [1.165, 1.54) is 12.1 Å². The summed E-state index contributed by atoms with van der Waals surface area (Å²) in [6, 6.07) is 2.93. The van der Waals surface area contributed by atoms with E-state index in [1.54, 1.807) is 0 Å². The van der Waals surface area contributed by atoms with E-state index in [1.807, 2.05) is 0 Å². The molecule has 2 rings (SSSR count). The lowest BCUT2D eigenvalue weighted by Gasteiger charge is -2.27. The van der Waals surface area contributed by atoms with Gasteiger partial charge in [-0.15, -0.1) is 0 Å². The number of H-pyrrole nitrogens is 1. The zero-order valence-corrected chi connectivity index (χ0v) is 10.1. The molecular formula is C12H17N3O2. The summed E-state index contributed by atoms with van der Waals surface area (Å²) in [6.45, 7) is 4.32. The predicted molar refractivity (Wildman–Crippen MR) is 63.7 cm³/mol. The third-order valence-electron chi connectivity index (χ3n) is 3.47. The molecule has 0 radical (unpaired) electrons. The van der Waals surface area contributed by atoms with Crippen molar-refractivity contribution in [1.82, 2.24) is 15.5 Å². The van der Waals surface area contributed by atoms with Gasteiger partial charge in [-0.3, -0.25) is 9.59 Å². The summed E-state index contributed by atoms with van der Waals surface area (Å²) in [7, 11) is 0. The van der Waals surface area contributed by atoms with Crippen LogP contribution in [0.25, 0.3) is 0 Å². The minimum absolute atomic E-state index is 0.137. The van der Waals surface area contributed by atoms with Crippen LogP contribution in [0.15, 0.2) is 16.9 Å². The molecule has 0 aromatic carbocycles. The van der Waals surface area contributed by atoms with Crippen molar-refractivity contribution in [3.63, 3.8) is 0 Å². The van der Waals surface area contributed by atoms with E-state index in [-0.39, 0.29) is 28.6 Å². The fraction of sp³-hybridized carbons (Fsp3) is 0.583. The van der Waals surface area contributed by atoms with Crippen LogP contribution in [0.3, 0.4) is 0 Å². The molecule has 5 nitrogen and oxygen atoms in total. The second-order valence-corrected chi connectivity index (χ2v) is 5.21. The fourth-order valence-electron chi connectivity index (χ4n) is 2.30. The minimum Gasteiger partial charge on any atom is -0.347 e. The van der Waals surface area contributed by atoms with Gasteiger partial charge in [0.25, 0.3) is 11.5 Å². The van der Waals surface area contributed by atoms with Crippen LogP contribution in [0, 0.1) is 5.41 Å². The SMILES string of the molecule is CC1(C)CCCC1NC(=O)c1ccc(=O)[nH]n1. The Bertz CT molecular complexity index is 458. The lowest BCUT2D eigenvalue weighted by Crippen LogP contribution is -2.42. The molecule has 1 aliphatic rings. The van der Waals surface area contributed by atoms with Gasteiger partial charge in [0, 0.05) is 12.1 Å². The van der Waals surface area contributed by atoms with E-state index in [2.05, 4.69) is 29.4 Å². The molecule has 1 aliphatic carbocycles. The molecule has 1 aromatic rings. The second kappa shape index (κ2) is 4.31. The van der Waals surface area contributed by atoms with Gasteiger partial charge < -0.3 is 5.32 Å². The number of nitrogens with zero attached hydrogens (tertiary/aromatic N) is 1. The van der Waals surface area contributed by atoms with Gasteiger partial charge in [0.15, 0.2) is 0 Å². The third-order valence-corrected chi connectivity index (χ3v) is 3.47. The van der Waals surface area contributed by atoms with E-state index in [0.717, 1.165) is 19.3 Å². The predicted octanol–water partition coefficient (Wildman–Crippen LogP) is 1.08. The van der Waals surface area contributed by atoms with E-state index in [0.29, 0.717) is 0 Å². The number of amides is 1. The molecule has 0 saturated heterocycles. The van der Waals surface area contributed by atoms with Crippen LogP contribution in [-0.4, -0.2) is 22.1 Å². The smallest absolute Gasteiger partial charge is 0.271 e. The molecule has 1 aromatic heterocycles. The first-order valence-electron chi connectivity index (χ1n) is 5.86. The van der Waals surface area contributed by atoms with Crippen LogP contribution in [-0.2, 0) is 0 Å². The summed E-state index contributed by atoms with van der Waals surface area (Å²) < 4.78 is 0. The number of nitrogens with one attached hydrogen (secondary N) is 2. The zero-order chi connectivity index (χ0) is 12.5. The Labute approximate surface area is 99.6 Å². The van der Waals surface area contributed by atoms with Crippen LogP contribution < -0.4 is 10.9 Å². The Morgan fingerprint density at radius 2 is 2.29 bits per heavy atom. The molecule has 17 heavy (non-hydrogen) atoms. The zero-order valence-electron chi connectivity index (χ0n) is 10.1. The molecule has 5 heteroatoms. The first kappa shape index (κ1) is 11.8. The lowest BCUT2D eigenvalue weighted by molar-refractivity contribution is 0.0903. The largest absolute Gasteiger partial charge is 0.347 e. The summed E-state index contributed by atoms with van der Waals surface area (Å²) in [5.41, 5.74) is 0.0905. The van der Waals surface area contributed by atoms with Crippen molar-refractivity contribution < 1.29 is 4.79 Å². The standard InChI is InChI=1S/C12H17N3O2/c1-12(2)7-3-4-9(12)13-11(17)8-5-6-10(16)15-14-8/h5-6,9H,3-4,7H2,1-2H3,(H,13,17)(H,15,16). The van der Waals surface area contributed by atoms with Crippen molar-refractivity contribution in [2.24, 2.45) is 5.41 Å². The highest BCUT2D eigenvalue weighted by Gasteiger charge is 2.35. The van der Waals surface area contributed by atoms with Crippen LogP contribution in [0.5, 0.6) is 0 Å². The van der Waals surface area contributed by atoms with Crippen molar-refractivity contribution in [2.75, 3.05) is 0 Å². The summed E-state index contributed by atoms with van der Waals surface area (Å²) in [6.07, 6.45) is 3.26. The number of aromatic amines is 1. The van der Waals surface area contributed by atoms with Crippen molar-refractivity contribution in [2.45, 2.75) is 39.2 Å². The summed E-state index contributed by atoms with van der Waals surface area (Å²) >= 11 is 0. The second-order valence-electron chi connectivity index (χ2n) is 5.21. The fourth-order valence-corrected chi connectivity index (χ4v) is 2.30. The lowest BCUT2D eigenvalue weighted by atomic mass is 9.87. The van der Waals surface area contributed by atoms with Gasteiger partial charge in [-0.05, 0) is 24.3 Å². The van der Waals surface area contributed by atoms with E-state index < -0.39 is 0 Å². The quantitative estimate of drug-likeness (QED) is 0.805. The Morgan fingerprint density at radius 3 is 2.82 bits per heavy atom. The third kappa shape index (κ3) is 2.54. The summed E-state index contributed by atoms with van der Waals surface area (Å²) in [4.78, 5) is 22.7. The topological polar surface area (TPSA) is 74.8 Å². The summed E-state index contributed by atoms with van der Waals surface area (Å²) in [5.74, 6) is -0.221. The van der Waals surface area contributed by atoms with Gasteiger partial charge in [-0.1, -0.05) is 20.3 Å². The molecule has 0 aliphatic heterocycles. The van der Waals surface area contributed by atoms with Crippen LogP contribution in [0.4, 0.5) is 0 Å². The molecule has 1 heterocycles. The number of carbonyl (C=O) groups excluding carboxylic acids is 1. The molecule has 1 unspecified atom stereocenters. The maximum Gasteiger partial charge on any atom is 0.271 e.